The maximum Gasteiger partial charge on any atom is 0.338 e. The molecule has 0 saturated heterocycles. The molecule has 0 aliphatic rings. The molecule has 0 atom stereocenters. The van der Waals surface area contributed by atoms with Gasteiger partial charge in [-0.25, -0.2) is 4.79 Å². The largest absolute Gasteiger partial charge is 0.452 e. The van der Waals surface area contributed by atoms with Crippen LogP contribution in [0.15, 0.2) is 29.6 Å². The van der Waals surface area contributed by atoms with Crippen molar-refractivity contribution in [3.63, 3.8) is 0 Å². The smallest absolute Gasteiger partial charge is 0.338 e. The Morgan fingerprint density at radius 1 is 1.32 bits per heavy atom. The van der Waals surface area contributed by atoms with Gasteiger partial charge in [0.05, 0.1) is 11.1 Å². The Hall–Kier alpha value is -2.65. The normalized spacial score (nSPS) is 9.86. The van der Waals surface area contributed by atoms with Crippen molar-refractivity contribution in [2.45, 2.75) is 13.8 Å². The summed E-state index contributed by atoms with van der Waals surface area (Å²) in [5, 5.41) is 13.6. The SMILES string of the molecule is Cc1ccc(C)c(C(=O)OCC(=O)Nc2sccc2C#N)c1. The number of nitrogens with zero attached hydrogens (tertiary/aromatic N) is 1. The molecule has 1 aromatic carbocycles. The minimum absolute atomic E-state index is 0.388. The van der Waals surface area contributed by atoms with Gasteiger partial charge in [0.25, 0.3) is 5.91 Å². The molecule has 0 spiro atoms. The standard InChI is InChI=1S/C16H14N2O3S/c1-10-3-4-11(2)13(7-10)16(20)21-9-14(19)18-15-12(8-17)5-6-22-15/h3-7H,9H2,1-2H3,(H,18,19). The van der Waals surface area contributed by atoms with Crippen LogP contribution in [0.1, 0.15) is 27.0 Å². The van der Waals surface area contributed by atoms with E-state index in [1.54, 1.807) is 24.4 Å². The number of rotatable bonds is 4. The van der Waals surface area contributed by atoms with Crippen molar-refractivity contribution in [3.8, 4) is 6.07 Å². The molecule has 6 heteroatoms. The average molecular weight is 314 g/mol. The van der Waals surface area contributed by atoms with Gasteiger partial charge in [0, 0.05) is 0 Å². The van der Waals surface area contributed by atoms with E-state index in [9.17, 15) is 9.59 Å². The summed E-state index contributed by atoms with van der Waals surface area (Å²) in [6.45, 7) is 3.29. The number of benzene rings is 1. The third-order valence-electron chi connectivity index (χ3n) is 2.99. The topological polar surface area (TPSA) is 79.2 Å². The number of aryl methyl sites for hydroxylation is 2. The van der Waals surface area contributed by atoms with Crippen molar-refractivity contribution in [2.75, 3.05) is 11.9 Å². The molecular formula is C16H14N2O3S. The van der Waals surface area contributed by atoms with Crippen molar-refractivity contribution in [2.24, 2.45) is 0 Å². The van der Waals surface area contributed by atoms with Gasteiger partial charge < -0.3 is 10.1 Å². The zero-order chi connectivity index (χ0) is 16.1. The van der Waals surface area contributed by atoms with Crippen LogP contribution in [-0.2, 0) is 9.53 Å². The van der Waals surface area contributed by atoms with E-state index >= 15 is 0 Å². The first-order valence-corrected chi connectivity index (χ1v) is 7.41. The van der Waals surface area contributed by atoms with Crippen LogP contribution in [0.5, 0.6) is 0 Å². The molecule has 0 unspecified atom stereocenters. The summed E-state index contributed by atoms with van der Waals surface area (Å²) in [6.07, 6.45) is 0. The number of hydrogen-bond donors (Lipinski definition) is 1. The molecule has 5 nitrogen and oxygen atoms in total. The van der Waals surface area contributed by atoms with Crippen LogP contribution in [0.2, 0.25) is 0 Å². The van der Waals surface area contributed by atoms with Gasteiger partial charge in [-0.15, -0.1) is 11.3 Å². The average Bonchev–Trinajstić information content (AvgIpc) is 2.94. The summed E-state index contributed by atoms with van der Waals surface area (Å²) in [7, 11) is 0. The van der Waals surface area contributed by atoms with Crippen LogP contribution in [0.25, 0.3) is 0 Å². The maximum atomic E-state index is 12.0. The fourth-order valence-electron chi connectivity index (χ4n) is 1.82. The number of hydrogen-bond acceptors (Lipinski definition) is 5. The predicted octanol–water partition coefficient (Wildman–Crippen LogP) is 3.03. The van der Waals surface area contributed by atoms with E-state index in [-0.39, 0.29) is 0 Å². The van der Waals surface area contributed by atoms with Crippen molar-refractivity contribution < 1.29 is 14.3 Å². The van der Waals surface area contributed by atoms with Crippen molar-refractivity contribution >= 4 is 28.2 Å². The molecule has 22 heavy (non-hydrogen) atoms. The summed E-state index contributed by atoms with van der Waals surface area (Å²) in [6, 6.07) is 9.04. The first kappa shape index (κ1) is 15.7. The quantitative estimate of drug-likeness (QED) is 0.880. The zero-order valence-corrected chi connectivity index (χ0v) is 13.0. The molecule has 1 aromatic heterocycles. The number of carbonyl (C=O) groups excluding carboxylic acids is 2. The van der Waals surface area contributed by atoms with Gasteiger partial charge in [0.1, 0.15) is 11.1 Å². The van der Waals surface area contributed by atoms with Crippen LogP contribution in [-0.4, -0.2) is 18.5 Å². The lowest BCUT2D eigenvalue weighted by Gasteiger charge is -2.08. The van der Waals surface area contributed by atoms with Crippen LogP contribution in [0.4, 0.5) is 5.00 Å². The third-order valence-corrected chi connectivity index (χ3v) is 3.82. The van der Waals surface area contributed by atoms with Gasteiger partial charge in [0.15, 0.2) is 6.61 Å². The molecule has 0 aliphatic heterocycles. The second kappa shape index (κ2) is 6.87. The Labute approximate surface area is 132 Å². The Morgan fingerprint density at radius 2 is 2.09 bits per heavy atom. The summed E-state index contributed by atoms with van der Waals surface area (Å²) in [5.74, 6) is -1.01. The minimum atomic E-state index is -0.539. The van der Waals surface area contributed by atoms with Crippen molar-refractivity contribution in [1.82, 2.24) is 0 Å². The van der Waals surface area contributed by atoms with E-state index in [4.69, 9.17) is 10.00 Å². The number of anilines is 1. The molecule has 2 aromatic rings. The van der Waals surface area contributed by atoms with Crippen LogP contribution in [0, 0.1) is 25.2 Å². The number of nitriles is 1. The van der Waals surface area contributed by atoms with Crippen LogP contribution >= 0.6 is 11.3 Å². The monoisotopic (exact) mass is 314 g/mol. The second-order valence-corrected chi connectivity index (χ2v) is 5.63. The molecule has 0 radical (unpaired) electrons. The van der Waals surface area contributed by atoms with E-state index < -0.39 is 18.5 Å². The molecule has 112 valence electrons. The lowest BCUT2D eigenvalue weighted by atomic mass is 10.1. The van der Waals surface area contributed by atoms with E-state index in [1.807, 2.05) is 25.1 Å². The zero-order valence-electron chi connectivity index (χ0n) is 12.2. The number of carbonyl (C=O) groups is 2. The predicted molar refractivity (Wildman–Crippen MR) is 83.9 cm³/mol. The van der Waals surface area contributed by atoms with Gasteiger partial charge in [0.2, 0.25) is 0 Å². The Morgan fingerprint density at radius 3 is 2.82 bits per heavy atom. The Bertz CT molecular complexity index is 759. The molecule has 0 bridgehead atoms. The summed E-state index contributed by atoms with van der Waals surface area (Å²) in [5.41, 5.74) is 2.57. The van der Waals surface area contributed by atoms with Gasteiger partial charge in [-0.05, 0) is 36.9 Å². The fourth-order valence-corrected chi connectivity index (χ4v) is 2.58. The summed E-state index contributed by atoms with van der Waals surface area (Å²) in [4.78, 5) is 23.8. The summed E-state index contributed by atoms with van der Waals surface area (Å²) < 4.78 is 5.02. The van der Waals surface area contributed by atoms with Gasteiger partial charge in [-0.3, -0.25) is 4.79 Å². The molecular weight excluding hydrogens is 300 g/mol. The van der Waals surface area contributed by atoms with E-state index in [0.717, 1.165) is 11.1 Å². The third kappa shape index (κ3) is 3.71. The lowest BCUT2D eigenvalue weighted by Crippen LogP contribution is -2.21. The van der Waals surface area contributed by atoms with E-state index in [0.29, 0.717) is 16.1 Å². The molecule has 0 aliphatic carbocycles. The van der Waals surface area contributed by atoms with Gasteiger partial charge in [-0.1, -0.05) is 17.7 Å². The van der Waals surface area contributed by atoms with Crippen molar-refractivity contribution in [1.29, 1.82) is 5.26 Å². The number of amides is 1. The molecule has 2 rings (SSSR count). The Kier molecular flexibility index (Phi) is 4.92. The molecule has 1 heterocycles. The second-order valence-electron chi connectivity index (χ2n) is 4.72. The molecule has 1 N–H and O–H groups in total. The lowest BCUT2D eigenvalue weighted by molar-refractivity contribution is -0.119. The highest BCUT2D eigenvalue weighted by Crippen LogP contribution is 2.21. The summed E-state index contributed by atoms with van der Waals surface area (Å²) >= 11 is 1.24. The number of thiophene rings is 1. The minimum Gasteiger partial charge on any atom is -0.452 e. The van der Waals surface area contributed by atoms with Crippen molar-refractivity contribution in [3.05, 3.63) is 51.9 Å². The van der Waals surface area contributed by atoms with Crippen LogP contribution in [0.3, 0.4) is 0 Å². The van der Waals surface area contributed by atoms with E-state index in [2.05, 4.69) is 5.32 Å². The fraction of sp³-hybridized carbons (Fsp3) is 0.188. The highest BCUT2D eigenvalue weighted by Gasteiger charge is 2.14. The highest BCUT2D eigenvalue weighted by atomic mass is 32.1. The Balaban J connectivity index is 1.95. The molecule has 1 amide bonds. The van der Waals surface area contributed by atoms with Crippen LogP contribution < -0.4 is 5.32 Å². The van der Waals surface area contributed by atoms with E-state index in [1.165, 1.54) is 11.3 Å². The first-order valence-electron chi connectivity index (χ1n) is 6.53. The highest BCUT2D eigenvalue weighted by molar-refractivity contribution is 7.14. The number of ether oxygens (including phenoxy) is 1. The van der Waals surface area contributed by atoms with Gasteiger partial charge >= 0.3 is 5.97 Å². The molecule has 0 fully saturated rings. The maximum absolute atomic E-state index is 12.0. The van der Waals surface area contributed by atoms with Gasteiger partial charge in [-0.2, -0.15) is 5.26 Å². The number of esters is 1. The first-order chi connectivity index (χ1) is 10.5. The number of nitrogens with one attached hydrogen (secondary N) is 1. The molecule has 0 saturated carbocycles.